The summed E-state index contributed by atoms with van der Waals surface area (Å²) in [6.07, 6.45) is -1.64. The van der Waals surface area contributed by atoms with Gasteiger partial charge in [-0.3, -0.25) is 4.79 Å². The van der Waals surface area contributed by atoms with Crippen molar-refractivity contribution in [2.45, 2.75) is 25.7 Å². The molecule has 0 fully saturated rings. The SMILES string of the molecule is COc1nc2c(cc1Nc1ncc(C(F)(F)F)c(NCc3cccn(C)c3=O)n1)CN(C)CC2. The summed E-state index contributed by atoms with van der Waals surface area (Å²) in [5.74, 6) is -0.213. The van der Waals surface area contributed by atoms with Gasteiger partial charge in [-0.15, -0.1) is 0 Å². The molecule has 0 bridgehead atoms. The van der Waals surface area contributed by atoms with Crippen molar-refractivity contribution in [3.05, 3.63) is 63.3 Å². The number of aromatic nitrogens is 4. The van der Waals surface area contributed by atoms with Gasteiger partial charge in [0.15, 0.2) is 0 Å². The summed E-state index contributed by atoms with van der Waals surface area (Å²) < 4.78 is 47.5. The normalized spacial score (nSPS) is 13.9. The summed E-state index contributed by atoms with van der Waals surface area (Å²) in [4.78, 5) is 26.8. The molecule has 4 heterocycles. The number of fused-ring (bicyclic) bond motifs is 1. The lowest BCUT2D eigenvalue weighted by atomic mass is 10.1. The van der Waals surface area contributed by atoms with Crippen molar-refractivity contribution in [1.82, 2.24) is 24.4 Å². The molecule has 0 saturated carbocycles. The standard InChI is InChI=1S/C22H24F3N7O2/c1-31-8-6-16-14(12-31)9-17(19(28-16)34-3)29-21-27-11-15(22(23,24)25)18(30-21)26-10-13-5-4-7-32(2)20(13)33/h4-5,7,9,11H,6,8,10,12H2,1-3H3,(H2,26,27,29,30). The first-order valence-corrected chi connectivity index (χ1v) is 10.5. The van der Waals surface area contributed by atoms with Crippen LogP contribution >= 0.6 is 0 Å². The highest BCUT2D eigenvalue weighted by molar-refractivity contribution is 5.63. The van der Waals surface area contributed by atoms with E-state index in [1.807, 2.05) is 13.1 Å². The molecule has 34 heavy (non-hydrogen) atoms. The molecule has 0 unspecified atom stereocenters. The maximum atomic E-state index is 13.6. The largest absolute Gasteiger partial charge is 0.480 e. The molecular weight excluding hydrogens is 451 g/mol. The van der Waals surface area contributed by atoms with Crippen molar-refractivity contribution in [2.75, 3.05) is 31.3 Å². The Balaban J connectivity index is 1.65. The second kappa shape index (κ2) is 9.29. The fourth-order valence-corrected chi connectivity index (χ4v) is 3.71. The van der Waals surface area contributed by atoms with E-state index in [0.717, 1.165) is 24.2 Å². The molecule has 0 saturated heterocycles. The minimum absolute atomic E-state index is 0.0688. The van der Waals surface area contributed by atoms with E-state index in [2.05, 4.69) is 30.5 Å². The number of aryl methyl sites for hydroxylation is 1. The van der Waals surface area contributed by atoms with Crippen LogP contribution in [0.4, 0.5) is 30.6 Å². The average Bonchev–Trinajstić information content (AvgIpc) is 2.79. The Morgan fingerprint density at radius 2 is 2.03 bits per heavy atom. The van der Waals surface area contributed by atoms with Crippen molar-refractivity contribution >= 4 is 17.5 Å². The Hall–Kier alpha value is -3.67. The van der Waals surface area contributed by atoms with E-state index in [0.29, 0.717) is 29.9 Å². The zero-order valence-electron chi connectivity index (χ0n) is 18.9. The number of halogens is 3. The van der Waals surface area contributed by atoms with Crippen molar-refractivity contribution in [2.24, 2.45) is 7.05 Å². The minimum atomic E-state index is -4.68. The van der Waals surface area contributed by atoms with Gasteiger partial charge in [0.25, 0.3) is 5.56 Å². The highest BCUT2D eigenvalue weighted by Crippen LogP contribution is 2.35. The molecule has 12 heteroatoms. The highest BCUT2D eigenvalue weighted by Gasteiger charge is 2.35. The molecule has 0 radical (unpaired) electrons. The fourth-order valence-electron chi connectivity index (χ4n) is 3.71. The predicted molar refractivity (Wildman–Crippen MR) is 120 cm³/mol. The zero-order chi connectivity index (χ0) is 24.5. The number of anilines is 3. The van der Waals surface area contributed by atoms with Crippen molar-refractivity contribution in [1.29, 1.82) is 0 Å². The van der Waals surface area contributed by atoms with Gasteiger partial charge in [-0.1, -0.05) is 6.07 Å². The van der Waals surface area contributed by atoms with Crippen LogP contribution in [0.25, 0.3) is 0 Å². The third-order valence-corrected chi connectivity index (χ3v) is 5.51. The van der Waals surface area contributed by atoms with Gasteiger partial charge >= 0.3 is 6.18 Å². The molecule has 180 valence electrons. The first kappa shape index (κ1) is 23.5. The van der Waals surface area contributed by atoms with Crippen LogP contribution < -0.4 is 20.9 Å². The molecular formula is C22H24F3N7O2. The van der Waals surface area contributed by atoms with Gasteiger partial charge in [0.1, 0.15) is 17.1 Å². The monoisotopic (exact) mass is 475 g/mol. The number of rotatable bonds is 6. The van der Waals surface area contributed by atoms with Crippen molar-refractivity contribution in [3.8, 4) is 5.88 Å². The summed E-state index contributed by atoms with van der Waals surface area (Å²) in [5, 5.41) is 5.56. The van der Waals surface area contributed by atoms with E-state index in [1.54, 1.807) is 25.4 Å². The number of nitrogens with one attached hydrogen (secondary N) is 2. The first-order valence-electron chi connectivity index (χ1n) is 10.5. The number of hydrogen-bond donors (Lipinski definition) is 2. The number of ether oxygens (including phenoxy) is 1. The summed E-state index contributed by atoms with van der Waals surface area (Å²) in [6.45, 7) is 1.42. The van der Waals surface area contributed by atoms with E-state index in [9.17, 15) is 18.0 Å². The Kier molecular flexibility index (Phi) is 6.42. The Morgan fingerprint density at radius 1 is 1.24 bits per heavy atom. The molecule has 2 N–H and O–H groups in total. The molecule has 0 aliphatic carbocycles. The summed E-state index contributed by atoms with van der Waals surface area (Å²) >= 11 is 0. The topological polar surface area (TPSA) is 97.2 Å². The number of hydrogen-bond acceptors (Lipinski definition) is 8. The molecule has 0 aromatic carbocycles. The minimum Gasteiger partial charge on any atom is -0.480 e. The van der Waals surface area contributed by atoms with Crippen molar-refractivity contribution in [3.63, 3.8) is 0 Å². The smallest absolute Gasteiger partial charge is 0.421 e. The van der Waals surface area contributed by atoms with Crippen LogP contribution in [-0.4, -0.2) is 45.1 Å². The van der Waals surface area contributed by atoms with Gasteiger partial charge in [0, 0.05) is 51.1 Å². The fraction of sp³-hybridized carbons (Fsp3) is 0.364. The van der Waals surface area contributed by atoms with Crippen LogP contribution in [0.2, 0.25) is 0 Å². The number of pyridine rings is 2. The predicted octanol–water partition coefficient (Wildman–Crippen LogP) is 2.94. The van der Waals surface area contributed by atoms with Crippen LogP contribution in [0, 0.1) is 0 Å². The average molecular weight is 475 g/mol. The van der Waals surface area contributed by atoms with Crippen LogP contribution in [0.5, 0.6) is 5.88 Å². The Labute approximate surface area is 193 Å². The van der Waals surface area contributed by atoms with Crippen LogP contribution in [0.3, 0.4) is 0 Å². The second-order valence-corrected chi connectivity index (χ2v) is 8.02. The first-order chi connectivity index (χ1) is 16.2. The lowest BCUT2D eigenvalue weighted by Crippen LogP contribution is -2.27. The number of alkyl halides is 3. The van der Waals surface area contributed by atoms with E-state index < -0.39 is 17.6 Å². The van der Waals surface area contributed by atoms with E-state index in [-0.39, 0.29) is 18.1 Å². The van der Waals surface area contributed by atoms with Gasteiger partial charge in [-0.25, -0.2) is 9.97 Å². The molecule has 0 amide bonds. The van der Waals surface area contributed by atoms with Crippen LogP contribution in [0.15, 0.2) is 35.4 Å². The summed E-state index contributed by atoms with van der Waals surface area (Å²) in [6, 6.07) is 5.03. The quantitative estimate of drug-likeness (QED) is 0.562. The molecule has 3 aromatic heterocycles. The highest BCUT2D eigenvalue weighted by atomic mass is 19.4. The maximum absolute atomic E-state index is 13.6. The molecule has 1 aliphatic heterocycles. The molecule has 0 atom stereocenters. The van der Waals surface area contributed by atoms with Crippen molar-refractivity contribution < 1.29 is 17.9 Å². The number of methoxy groups -OCH3 is 1. The third-order valence-electron chi connectivity index (χ3n) is 5.51. The number of nitrogens with zero attached hydrogens (tertiary/aromatic N) is 5. The summed E-state index contributed by atoms with van der Waals surface area (Å²) in [5.41, 5.74) is 1.30. The van der Waals surface area contributed by atoms with Crippen LogP contribution in [-0.2, 0) is 32.7 Å². The van der Waals surface area contributed by atoms with Gasteiger partial charge in [-0.05, 0) is 24.7 Å². The van der Waals surface area contributed by atoms with E-state index in [4.69, 9.17) is 4.74 Å². The number of likely N-dealkylation sites (N-methyl/N-ethyl adjacent to an activating group) is 1. The molecule has 0 spiro atoms. The molecule has 3 aromatic rings. The van der Waals surface area contributed by atoms with Gasteiger partial charge in [0.2, 0.25) is 11.8 Å². The van der Waals surface area contributed by atoms with Gasteiger partial charge in [0.05, 0.1) is 12.8 Å². The van der Waals surface area contributed by atoms with Gasteiger partial charge < -0.3 is 24.8 Å². The van der Waals surface area contributed by atoms with E-state index in [1.165, 1.54) is 11.7 Å². The molecule has 9 nitrogen and oxygen atoms in total. The Morgan fingerprint density at radius 3 is 2.76 bits per heavy atom. The Bertz CT molecular complexity index is 1260. The lowest BCUT2D eigenvalue weighted by molar-refractivity contribution is -0.137. The van der Waals surface area contributed by atoms with E-state index >= 15 is 0 Å². The van der Waals surface area contributed by atoms with Gasteiger partial charge in [-0.2, -0.15) is 18.2 Å². The second-order valence-electron chi connectivity index (χ2n) is 8.02. The van der Waals surface area contributed by atoms with Crippen LogP contribution in [0.1, 0.15) is 22.4 Å². The summed E-state index contributed by atoms with van der Waals surface area (Å²) in [7, 11) is 5.03. The molecule has 1 aliphatic rings. The molecule has 4 rings (SSSR count). The third kappa shape index (κ3) is 4.96. The lowest BCUT2D eigenvalue weighted by Gasteiger charge is -2.25. The maximum Gasteiger partial charge on any atom is 0.421 e. The zero-order valence-corrected chi connectivity index (χ0v) is 18.9.